The Labute approximate surface area is 126 Å². The zero-order chi connectivity index (χ0) is 14.8. The van der Waals surface area contributed by atoms with E-state index in [4.69, 9.17) is 23.2 Å². The minimum atomic E-state index is -3.74. The normalized spacial score (nSPS) is 11.3. The SMILES string of the molecule is O=S(=O)(Cc1c(Cl)cccc1Cl)Nc1cccc(F)c1. The number of benzene rings is 2. The van der Waals surface area contributed by atoms with Crippen LogP contribution in [0.25, 0.3) is 0 Å². The molecule has 106 valence electrons. The Morgan fingerprint density at radius 2 is 1.65 bits per heavy atom. The van der Waals surface area contributed by atoms with Crippen molar-refractivity contribution in [3.63, 3.8) is 0 Å². The van der Waals surface area contributed by atoms with E-state index in [2.05, 4.69) is 4.72 Å². The number of anilines is 1. The van der Waals surface area contributed by atoms with Gasteiger partial charge in [-0.1, -0.05) is 35.3 Å². The van der Waals surface area contributed by atoms with Crippen LogP contribution in [-0.2, 0) is 15.8 Å². The van der Waals surface area contributed by atoms with Crippen LogP contribution in [0.3, 0.4) is 0 Å². The Kier molecular flexibility index (Phi) is 4.52. The van der Waals surface area contributed by atoms with Gasteiger partial charge in [-0.2, -0.15) is 0 Å². The molecule has 0 atom stereocenters. The summed E-state index contributed by atoms with van der Waals surface area (Å²) in [6.45, 7) is 0. The molecule has 2 aromatic carbocycles. The van der Waals surface area contributed by atoms with E-state index in [1.54, 1.807) is 18.2 Å². The van der Waals surface area contributed by atoms with E-state index in [1.165, 1.54) is 18.2 Å². The van der Waals surface area contributed by atoms with Gasteiger partial charge in [-0.25, -0.2) is 12.8 Å². The van der Waals surface area contributed by atoms with Gasteiger partial charge in [0.25, 0.3) is 0 Å². The fourth-order valence-electron chi connectivity index (χ4n) is 1.63. The highest BCUT2D eigenvalue weighted by molar-refractivity contribution is 7.91. The fraction of sp³-hybridized carbons (Fsp3) is 0.0769. The van der Waals surface area contributed by atoms with Gasteiger partial charge in [-0.3, -0.25) is 4.72 Å². The van der Waals surface area contributed by atoms with Crippen molar-refractivity contribution in [2.75, 3.05) is 4.72 Å². The lowest BCUT2D eigenvalue weighted by Gasteiger charge is -2.10. The number of rotatable bonds is 4. The van der Waals surface area contributed by atoms with Crippen molar-refractivity contribution in [3.05, 3.63) is 63.9 Å². The summed E-state index contributed by atoms with van der Waals surface area (Å²) in [5.41, 5.74) is 0.452. The number of nitrogens with one attached hydrogen (secondary N) is 1. The lowest BCUT2D eigenvalue weighted by Crippen LogP contribution is -2.15. The van der Waals surface area contributed by atoms with Crippen LogP contribution in [-0.4, -0.2) is 8.42 Å². The molecule has 1 N–H and O–H groups in total. The molecule has 0 spiro atoms. The minimum Gasteiger partial charge on any atom is -0.283 e. The zero-order valence-electron chi connectivity index (χ0n) is 10.1. The van der Waals surface area contributed by atoms with E-state index in [1.807, 2.05) is 0 Å². The van der Waals surface area contributed by atoms with E-state index >= 15 is 0 Å². The highest BCUT2D eigenvalue weighted by atomic mass is 35.5. The Morgan fingerprint density at radius 3 is 2.25 bits per heavy atom. The molecular formula is C13H10Cl2FNO2S. The number of halogens is 3. The molecule has 2 aromatic rings. The van der Waals surface area contributed by atoms with Gasteiger partial charge >= 0.3 is 0 Å². The van der Waals surface area contributed by atoms with Gasteiger partial charge in [-0.05, 0) is 30.3 Å². The smallest absolute Gasteiger partial charge is 0.237 e. The zero-order valence-corrected chi connectivity index (χ0v) is 12.4. The Balaban J connectivity index is 2.24. The molecule has 2 rings (SSSR count). The second-order valence-corrected chi connectivity index (χ2v) is 6.61. The Hall–Kier alpha value is -1.30. The summed E-state index contributed by atoms with van der Waals surface area (Å²) in [6, 6.07) is 9.92. The van der Waals surface area contributed by atoms with E-state index < -0.39 is 15.8 Å². The highest BCUT2D eigenvalue weighted by Crippen LogP contribution is 2.26. The summed E-state index contributed by atoms with van der Waals surface area (Å²) in [5, 5.41) is 0.532. The lowest BCUT2D eigenvalue weighted by molar-refractivity contribution is 0.600. The molecule has 0 saturated carbocycles. The molecule has 0 saturated heterocycles. The van der Waals surface area contributed by atoms with Crippen LogP contribution < -0.4 is 4.72 Å². The van der Waals surface area contributed by atoms with Crippen molar-refractivity contribution in [1.29, 1.82) is 0 Å². The maximum absolute atomic E-state index is 13.0. The minimum absolute atomic E-state index is 0.146. The molecule has 0 unspecified atom stereocenters. The van der Waals surface area contributed by atoms with E-state index in [-0.39, 0.29) is 21.5 Å². The first-order valence-electron chi connectivity index (χ1n) is 5.56. The van der Waals surface area contributed by atoms with Gasteiger partial charge in [-0.15, -0.1) is 0 Å². The van der Waals surface area contributed by atoms with Crippen molar-refractivity contribution >= 4 is 38.9 Å². The predicted octanol–water partition coefficient (Wildman–Crippen LogP) is 4.07. The quantitative estimate of drug-likeness (QED) is 0.916. The maximum atomic E-state index is 13.0. The van der Waals surface area contributed by atoms with Gasteiger partial charge in [0.15, 0.2) is 0 Å². The highest BCUT2D eigenvalue weighted by Gasteiger charge is 2.16. The molecule has 20 heavy (non-hydrogen) atoms. The van der Waals surface area contributed by atoms with Crippen molar-refractivity contribution in [1.82, 2.24) is 0 Å². The van der Waals surface area contributed by atoms with Gasteiger partial charge < -0.3 is 0 Å². The van der Waals surface area contributed by atoms with E-state index in [9.17, 15) is 12.8 Å². The summed E-state index contributed by atoms with van der Waals surface area (Å²) in [5.74, 6) is -0.914. The second kappa shape index (κ2) is 5.99. The molecule has 0 aliphatic heterocycles. The lowest BCUT2D eigenvalue weighted by atomic mass is 10.2. The molecule has 7 heteroatoms. The van der Waals surface area contributed by atoms with Gasteiger partial charge in [0, 0.05) is 15.6 Å². The van der Waals surface area contributed by atoms with Crippen LogP contribution in [0.1, 0.15) is 5.56 Å². The monoisotopic (exact) mass is 333 g/mol. The summed E-state index contributed by atoms with van der Waals surface area (Å²) >= 11 is 11.9. The fourth-order valence-corrected chi connectivity index (χ4v) is 3.57. The molecule has 0 radical (unpaired) electrons. The largest absolute Gasteiger partial charge is 0.283 e. The third-order valence-corrected chi connectivity index (χ3v) is 4.42. The molecule has 3 nitrogen and oxygen atoms in total. The van der Waals surface area contributed by atoms with Gasteiger partial charge in [0.2, 0.25) is 10.0 Å². The maximum Gasteiger partial charge on any atom is 0.237 e. The molecule has 0 bridgehead atoms. The van der Waals surface area contributed by atoms with Gasteiger partial charge in [0.1, 0.15) is 5.82 Å². The van der Waals surface area contributed by atoms with Crippen molar-refractivity contribution in [2.45, 2.75) is 5.75 Å². The predicted molar refractivity (Wildman–Crippen MR) is 79.1 cm³/mol. The topological polar surface area (TPSA) is 46.2 Å². The third kappa shape index (κ3) is 3.85. The summed E-state index contributed by atoms with van der Waals surface area (Å²) < 4.78 is 39.4. The number of sulfonamides is 1. The van der Waals surface area contributed by atoms with Crippen molar-refractivity contribution in [2.24, 2.45) is 0 Å². The summed E-state index contributed by atoms with van der Waals surface area (Å²) in [4.78, 5) is 0. The van der Waals surface area contributed by atoms with Crippen LogP contribution in [0.2, 0.25) is 10.0 Å². The molecule has 0 heterocycles. The first-order chi connectivity index (χ1) is 9.37. The first kappa shape index (κ1) is 15.1. The standard InChI is InChI=1S/C13H10Cl2FNO2S/c14-12-5-2-6-13(15)11(12)8-20(18,19)17-10-4-1-3-9(16)7-10/h1-7,17H,8H2. The Morgan fingerprint density at radius 1 is 1.05 bits per heavy atom. The molecule has 0 amide bonds. The van der Waals surface area contributed by atoms with Gasteiger partial charge in [0.05, 0.1) is 11.4 Å². The first-order valence-corrected chi connectivity index (χ1v) is 7.97. The molecular weight excluding hydrogens is 324 g/mol. The van der Waals surface area contributed by atoms with Crippen molar-refractivity contribution < 1.29 is 12.8 Å². The van der Waals surface area contributed by atoms with E-state index in [0.29, 0.717) is 5.56 Å². The van der Waals surface area contributed by atoms with Crippen LogP contribution in [0.15, 0.2) is 42.5 Å². The summed E-state index contributed by atoms with van der Waals surface area (Å²) in [6.07, 6.45) is 0. The molecule has 0 aliphatic carbocycles. The Bertz CT molecular complexity index is 715. The molecule has 0 aliphatic rings. The van der Waals surface area contributed by atoms with Crippen LogP contribution in [0.5, 0.6) is 0 Å². The van der Waals surface area contributed by atoms with E-state index in [0.717, 1.165) is 6.07 Å². The van der Waals surface area contributed by atoms with Crippen molar-refractivity contribution in [3.8, 4) is 0 Å². The average molecular weight is 334 g/mol. The second-order valence-electron chi connectivity index (χ2n) is 4.07. The average Bonchev–Trinajstić information content (AvgIpc) is 2.33. The summed E-state index contributed by atoms with van der Waals surface area (Å²) in [7, 11) is -3.74. The van der Waals surface area contributed by atoms with Crippen LogP contribution >= 0.6 is 23.2 Å². The number of hydrogen-bond acceptors (Lipinski definition) is 2. The molecule has 0 fully saturated rings. The van der Waals surface area contributed by atoms with Crippen LogP contribution in [0, 0.1) is 5.82 Å². The molecule has 0 aromatic heterocycles. The third-order valence-electron chi connectivity index (χ3n) is 2.49. The van der Waals surface area contributed by atoms with Crippen LogP contribution in [0.4, 0.5) is 10.1 Å². The number of hydrogen-bond donors (Lipinski definition) is 1.